The van der Waals surface area contributed by atoms with Crippen molar-refractivity contribution in [3.63, 3.8) is 0 Å². The van der Waals surface area contributed by atoms with Crippen LogP contribution in [0.4, 0.5) is 4.79 Å². The van der Waals surface area contributed by atoms with E-state index in [1.165, 1.54) is 19.3 Å². The van der Waals surface area contributed by atoms with Crippen LogP contribution in [0.5, 0.6) is 0 Å². The normalized spacial score (nSPS) is 27.5. The van der Waals surface area contributed by atoms with Crippen LogP contribution >= 0.6 is 0 Å². The molecule has 2 fully saturated rings. The monoisotopic (exact) mass is 254 g/mol. The van der Waals surface area contributed by atoms with Gasteiger partial charge in [0, 0.05) is 12.1 Å². The Kier molecular flexibility index (Phi) is 4.15. The summed E-state index contributed by atoms with van der Waals surface area (Å²) in [6.07, 6.45) is 5.95. The molecule has 0 heterocycles. The van der Waals surface area contributed by atoms with E-state index in [0.717, 1.165) is 25.3 Å². The first kappa shape index (κ1) is 13.7. The van der Waals surface area contributed by atoms with Gasteiger partial charge in [-0.1, -0.05) is 12.8 Å². The van der Waals surface area contributed by atoms with E-state index in [-0.39, 0.29) is 6.09 Å². The summed E-state index contributed by atoms with van der Waals surface area (Å²) in [5.74, 6) is 0.994. The highest BCUT2D eigenvalue weighted by Crippen LogP contribution is 2.32. The summed E-state index contributed by atoms with van der Waals surface area (Å²) in [5, 5.41) is 6.46. The molecular formula is C14H26N2O2. The lowest BCUT2D eigenvalue weighted by Crippen LogP contribution is -2.53. The molecule has 0 aliphatic heterocycles. The molecule has 0 atom stereocenters. The smallest absolute Gasteiger partial charge is 0.407 e. The molecule has 2 aliphatic rings. The van der Waals surface area contributed by atoms with Crippen LogP contribution in [-0.4, -0.2) is 30.3 Å². The zero-order valence-electron chi connectivity index (χ0n) is 11.8. The largest absolute Gasteiger partial charge is 0.444 e. The fourth-order valence-corrected chi connectivity index (χ4v) is 2.27. The summed E-state index contributed by atoms with van der Waals surface area (Å²) >= 11 is 0. The number of amides is 1. The summed E-state index contributed by atoms with van der Waals surface area (Å²) in [4.78, 5) is 11.5. The fraction of sp³-hybridized carbons (Fsp3) is 0.929. The van der Waals surface area contributed by atoms with Gasteiger partial charge in [0.25, 0.3) is 0 Å². The molecule has 0 radical (unpaired) electrons. The third-order valence-corrected chi connectivity index (χ3v) is 3.54. The van der Waals surface area contributed by atoms with Gasteiger partial charge in [0.1, 0.15) is 5.60 Å². The molecule has 0 spiro atoms. The lowest BCUT2D eigenvalue weighted by molar-refractivity contribution is 0.0465. The van der Waals surface area contributed by atoms with Crippen molar-refractivity contribution in [1.29, 1.82) is 0 Å². The molecule has 2 saturated carbocycles. The van der Waals surface area contributed by atoms with E-state index in [2.05, 4.69) is 10.6 Å². The number of hydrogen-bond donors (Lipinski definition) is 2. The molecule has 4 heteroatoms. The zero-order chi connectivity index (χ0) is 13.2. The number of ether oxygens (including phenoxy) is 1. The highest BCUT2D eigenvalue weighted by molar-refractivity contribution is 5.68. The second kappa shape index (κ2) is 5.47. The number of hydrogen-bond acceptors (Lipinski definition) is 3. The maximum atomic E-state index is 11.5. The van der Waals surface area contributed by atoms with Crippen molar-refractivity contribution in [2.45, 2.75) is 70.6 Å². The maximum Gasteiger partial charge on any atom is 0.407 e. The third-order valence-electron chi connectivity index (χ3n) is 3.54. The van der Waals surface area contributed by atoms with Gasteiger partial charge < -0.3 is 15.4 Å². The predicted molar refractivity (Wildman–Crippen MR) is 71.5 cm³/mol. The van der Waals surface area contributed by atoms with Crippen LogP contribution in [0.25, 0.3) is 0 Å². The van der Waals surface area contributed by atoms with Crippen molar-refractivity contribution in [3.05, 3.63) is 0 Å². The zero-order valence-corrected chi connectivity index (χ0v) is 11.8. The predicted octanol–water partition coefficient (Wildman–Crippen LogP) is 2.43. The number of carbonyl (C=O) groups is 1. The van der Waals surface area contributed by atoms with Crippen molar-refractivity contribution in [2.24, 2.45) is 5.92 Å². The number of alkyl carbamates (subject to hydrolysis) is 1. The van der Waals surface area contributed by atoms with Crippen molar-refractivity contribution in [1.82, 2.24) is 10.6 Å². The van der Waals surface area contributed by atoms with Crippen LogP contribution in [0, 0.1) is 5.92 Å². The van der Waals surface area contributed by atoms with E-state index in [1.54, 1.807) is 0 Å². The van der Waals surface area contributed by atoms with Gasteiger partial charge in [-0.2, -0.15) is 0 Å². The Labute approximate surface area is 110 Å². The first-order valence-corrected chi connectivity index (χ1v) is 7.15. The first-order valence-electron chi connectivity index (χ1n) is 7.15. The van der Waals surface area contributed by atoms with Gasteiger partial charge >= 0.3 is 6.09 Å². The summed E-state index contributed by atoms with van der Waals surface area (Å²) in [6.45, 7) is 6.79. The number of rotatable bonds is 5. The topological polar surface area (TPSA) is 50.4 Å². The number of carbonyl (C=O) groups excluding carboxylic acids is 1. The van der Waals surface area contributed by atoms with Crippen LogP contribution in [0.1, 0.15) is 52.9 Å². The second-order valence-corrected chi connectivity index (χ2v) is 6.70. The molecule has 1 amide bonds. The highest BCUT2D eigenvalue weighted by atomic mass is 16.6. The molecular weight excluding hydrogens is 228 g/mol. The Bertz CT molecular complexity index is 289. The van der Waals surface area contributed by atoms with Gasteiger partial charge in [-0.05, 0) is 52.5 Å². The van der Waals surface area contributed by atoms with E-state index < -0.39 is 5.60 Å². The van der Waals surface area contributed by atoms with Crippen LogP contribution in [0.3, 0.4) is 0 Å². The Morgan fingerprint density at radius 1 is 1.22 bits per heavy atom. The molecule has 2 rings (SSSR count). The van der Waals surface area contributed by atoms with Gasteiger partial charge in [-0.25, -0.2) is 4.79 Å². The molecule has 2 aliphatic carbocycles. The summed E-state index contributed by atoms with van der Waals surface area (Å²) in [5.41, 5.74) is -0.407. The SMILES string of the molecule is CC(C)(C)OC(=O)NC1CC(NCCC2CC2)C1. The van der Waals surface area contributed by atoms with E-state index in [0.29, 0.717) is 12.1 Å². The Morgan fingerprint density at radius 3 is 2.44 bits per heavy atom. The Hall–Kier alpha value is -0.770. The minimum atomic E-state index is -0.407. The Morgan fingerprint density at radius 2 is 1.89 bits per heavy atom. The van der Waals surface area contributed by atoms with Crippen molar-refractivity contribution in [2.75, 3.05) is 6.54 Å². The maximum absolute atomic E-state index is 11.5. The van der Waals surface area contributed by atoms with Crippen LogP contribution in [0.2, 0.25) is 0 Å². The van der Waals surface area contributed by atoms with Crippen LogP contribution < -0.4 is 10.6 Å². The van der Waals surface area contributed by atoms with Crippen LogP contribution in [-0.2, 0) is 4.74 Å². The van der Waals surface area contributed by atoms with Gasteiger partial charge in [0.05, 0.1) is 0 Å². The highest BCUT2D eigenvalue weighted by Gasteiger charge is 2.31. The molecule has 0 aromatic heterocycles. The third kappa shape index (κ3) is 4.84. The molecule has 18 heavy (non-hydrogen) atoms. The summed E-state index contributed by atoms with van der Waals surface area (Å²) < 4.78 is 5.23. The minimum absolute atomic E-state index is 0.288. The van der Waals surface area contributed by atoms with Gasteiger partial charge in [-0.15, -0.1) is 0 Å². The molecule has 0 aromatic rings. The molecule has 0 aromatic carbocycles. The number of nitrogens with one attached hydrogen (secondary N) is 2. The van der Waals surface area contributed by atoms with E-state index in [4.69, 9.17) is 4.74 Å². The molecule has 0 bridgehead atoms. The lowest BCUT2D eigenvalue weighted by Gasteiger charge is -2.36. The average Bonchev–Trinajstić information content (AvgIpc) is 2.94. The summed E-state index contributed by atoms with van der Waals surface area (Å²) in [7, 11) is 0. The van der Waals surface area contributed by atoms with E-state index in [1.807, 2.05) is 20.8 Å². The first-order chi connectivity index (χ1) is 8.42. The molecule has 4 nitrogen and oxygen atoms in total. The van der Waals surface area contributed by atoms with Crippen molar-refractivity contribution >= 4 is 6.09 Å². The average molecular weight is 254 g/mol. The second-order valence-electron chi connectivity index (χ2n) is 6.70. The quantitative estimate of drug-likeness (QED) is 0.792. The van der Waals surface area contributed by atoms with Crippen molar-refractivity contribution < 1.29 is 9.53 Å². The van der Waals surface area contributed by atoms with Gasteiger partial charge in [0.15, 0.2) is 0 Å². The minimum Gasteiger partial charge on any atom is -0.444 e. The Balaban J connectivity index is 1.51. The summed E-state index contributed by atoms with van der Waals surface area (Å²) in [6, 6.07) is 0.877. The van der Waals surface area contributed by atoms with Gasteiger partial charge in [-0.3, -0.25) is 0 Å². The molecule has 0 unspecified atom stereocenters. The van der Waals surface area contributed by atoms with E-state index >= 15 is 0 Å². The molecule has 2 N–H and O–H groups in total. The van der Waals surface area contributed by atoms with E-state index in [9.17, 15) is 4.79 Å². The van der Waals surface area contributed by atoms with Crippen LogP contribution in [0.15, 0.2) is 0 Å². The lowest BCUT2D eigenvalue weighted by atomic mass is 9.87. The molecule has 104 valence electrons. The molecule has 0 saturated heterocycles. The standard InChI is InChI=1S/C14H26N2O2/c1-14(2,3)18-13(17)16-12-8-11(9-12)15-7-6-10-4-5-10/h10-12,15H,4-9H2,1-3H3,(H,16,17). The van der Waals surface area contributed by atoms with Crippen molar-refractivity contribution in [3.8, 4) is 0 Å². The van der Waals surface area contributed by atoms with Gasteiger partial charge in [0.2, 0.25) is 0 Å². The fourth-order valence-electron chi connectivity index (χ4n) is 2.27.